The molecular weight excluding hydrogens is 268 g/mol. The molecule has 100 valence electrons. The third-order valence-electron chi connectivity index (χ3n) is 2.98. The maximum atomic E-state index is 13.5. The molecule has 0 aliphatic carbocycles. The molecule has 1 nitrogen and oxygen atoms in total. The first-order valence-electron chi connectivity index (χ1n) is 5.99. The van der Waals surface area contributed by atoms with Crippen LogP contribution in [0.4, 0.5) is 8.78 Å². The Morgan fingerprint density at radius 2 is 1.89 bits per heavy atom. The van der Waals surface area contributed by atoms with Gasteiger partial charge in [-0.1, -0.05) is 35.9 Å². The summed E-state index contributed by atoms with van der Waals surface area (Å²) in [7, 11) is 0. The van der Waals surface area contributed by atoms with Gasteiger partial charge in [0.2, 0.25) is 0 Å². The molecule has 0 spiro atoms. The van der Waals surface area contributed by atoms with Crippen molar-refractivity contribution in [3.8, 4) is 0 Å². The van der Waals surface area contributed by atoms with Gasteiger partial charge in [0.05, 0.1) is 0 Å². The molecule has 0 heterocycles. The molecule has 0 radical (unpaired) electrons. The molecule has 2 rings (SSSR count). The summed E-state index contributed by atoms with van der Waals surface area (Å²) in [5.74, 6) is -1.62. The van der Waals surface area contributed by atoms with E-state index in [1.54, 1.807) is 12.1 Å². The van der Waals surface area contributed by atoms with Crippen molar-refractivity contribution in [3.05, 3.63) is 70.2 Å². The van der Waals surface area contributed by atoms with Gasteiger partial charge in [0.25, 0.3) is 0 Å². The summed E-state index contributed by atoms with van der Waals surface area (Å²) in [4.78, 5) is 0. The van der Waals surface area contributed by atoms with Crippen molar-refractivity contribution in [1.29, 1.82) is 0 Å². The van der Waals surface area contributed by atoms with Crippen molar-refractivity contribution in [2.45, 2.75) is 19.5 Å². The lowest BCUT2D eigenvalue weighted by atomic mass is 10.1. The fourth-order valence-electron chi connectivity index (χ4n) is 1.84. The summed E-state index contributed by atoms with van der Waals surface area (Å²) in [6.07, 6.45) is 0. The first-order chi connectivity index (χ1) is 9.08. The minimum Gasteiger partial charge on any atom is -0.306 e. The van der Waals surface area contributed by atoms with E-state index in [0.717, 1.165) is 11.6 Å². The fraction of sp³-hybridized carbons (Fsp3) is 0.200. The minimum absolute atomic E-state index is 0.00127. The van der Waals surface area contributed by atoms with Crippen molar-refractivity contribution < 1.29 is 8.78 Å². The van der Waals surface area contributed by atoms with E-state index >= 15 is 0 Å². The molecule has 2 aromatic rings. The van der Waals surface area contributed by atoms with Gasteiger partial charge in [-0.25, -0.2) is 8.78 Å². The van der Waals surface area contributed by atoms with Crippen molar-refractivity contribution in [2.75, 3.05) is 0 Å². The average Bonchev–Trinajstić information content (AvgIpc) is 2.40. The molecular formula is C15H14ClF2N. The fourth-order valence-corrected chi connectivity index (χ4v) is 2.04. The maximum absolute atomic E-state index is 13.5. The van der Waals surface area contributed by atoms with Crippen LogP contribution in [-0.4, -0.2) is 0 Å². The standard InChI is InChI=1S/C15H14ClF2N/c1-10(11-4-2-6-13(16)8-11)19-9-12-5-3-7-14(17)15(12)18/h2-8,10,19H,9H2,1H3/t10-/m0/s1. The zero-order valence-electron chi connectivity index (χ0n) is 10.5. The molecule has 0 amide bonds. The summed E-state index contributed by atoms with van der Waals surface area (Å²) >= 11 is 5.91. The molecule has 0 aliphatic rings. The van der Waals surface area contributed by atoms with E-state index in [9.17, 15) is 8.78 Å². The molecule has 0 unspecified atom stereocenters. The summed E-state index contributed by atoms with van der Waals surface area (Å²) in [6.45, 7) is 2.21. The number of halogens is 3. The van der Waals surface area contributed by atoms with Crippen LogP contribution >= 0.6 is 11.6 Å². The molecule has 19 heavy (non-hydrogen) atoms. The number of hydrogen-bond donors (Lipinski definition) is 1. The van der Waals surface area contributed by atoms with Gasteiger partial charge in [-0.2, -0.15) is 0 Å². The highest BCUT2D eigenvalue weighted by Gasteiger charge is 2.10. The van der Waals surface area contributed by atoms with E-state index in [1.807, 2.05) is 25.1 Å². The van der Waals surface area contributed by atoms with E-state index in [-0.39, 0.29) is 12.6 Å². The smallest absolute Gasteiger partial charge is 0.163 e. The molecule has 2 aromatic carbocycles. The molecule has 0 aromatic heterocycles. The lowest BCUT2D eigenvalue weighted by molar-refractivity contribution is 0.484. The van der Waals surface area contributed by atoms with Crippen LogP contribution < -0.4 is 5.32 Å². The molecule has 0 saturated heterocycles. The van der Waals surface area contributed by atoms with Crippen LogP contribution in [0.2, 0.25) is 5.02 Å². The van der Waals surface area contributed by atoms with Crippen LogP contribution in [0.15, 0.2) is 42.5 Å². The summed E-state index contributed by atoms with van der Waals surface area (Å²) in [5, 5.41) is 3.80. The SMILES string of the molecule is C[C@H](NCc1cccc(F)c1F)c1cccc(Cl)c1. The van der Waals surface area contributed by atoms with Crippen molar-refractivity contribution >= 4 is 11.6 Å². The molecule has 1 atom stereocenters. The Balaban J connectivity index is 2.04. The predicted molar refractivity (Wildman–Crippen MR) is 73.1 cm³/mol. The highest BCUT2D eigenvalue weighted by molar-refractivity contribution is 6.30. The van der Waals surface area contributed by atoms with Crippen LogP contribution in [0.25, 0.3) is 0 Å². The topological polar surface area (TPSA) is 12.0 Å². The summed E-state index contributed by atoms with van der Waals surface area (Å²) in [5.41, 5.74) is 1.32. The average molecular weight is 282 g/mol. The van der Waals surface area contributed by atoms with Gasteiger partial charge < -0.3 is 5.32 Å². The number of nitrogens with one attached hydrogen (secondary N) is 1. The minimum atomic E-state index is -0.824. The van der Waals surface area contributed by atoms with Crippen LogP contribution in [0.5, 0.6) is 0 Å². The van der Waals surface area contributed by atoms with Crippen LogP contribution in [0.1, 0.15) is 24.1 Å². The number of benzene rings is 2. The molecule has 0 aliphatic heterocycles. The zero-order valence-corrected chi connectivity index (χ0v) is 11.2. The van der Waals surface area contributed by atoms with Gasteiger partial charge in [-0.15, -0.1) is 0 Å². The Kier molecular flexibility index (Phi) is 4.51. The van der Waals surface area contributed by atoms with Gasteiger partial charge in [0, 0.05) is 23.2 Å². The third-order valence-corrected chi connectivity index (χ3v) is 3.21. The van der Waals surface area contributed by atoms with Crippen LogP contribution in [0.3, 0.4) is 0 Å². The Morgan fingerprint density at radius 3 is 2.63 bits per heavy atom. The Morgan fingerprint density at radius 1 is 1.16 bits per heavy atom. The van der Waals surface area contributed by atoms with E-state index in [0.29, 0.717) is 10.6 Å². The van der Waals surface area contributed by atoms with E-state index < -0.39 is 11.6 Å². The van der Waals surface area contributed by atoms with Crippen molar-refractivity contribution in [3.63, 3.8) is 0 Å². The quantitative estimate of drug-likeness (QED) is 0.872. The van der Waals surface area contributed by atoms with Crippen LogP contribution in [0, 0.1) is 11.6 Å². The third kappa shape index (κ3) is 3.52. The normalized spacial score (nSPS) is 12.4. The largest absolute Gasteiger partial charge is 0.306 e. The lowest BCUT2D eigenvalue weighted by Gasteiger charge is -2.15. The van der Waals surface area contributed by atoms with Gasteiger partial charge in [-0.05, 0) is 30.7 Å². The Bertz CT molecular complexity index is 572. The lowest BCUT2D eigenvalue weighted by Crippen LogP contribution is -2.19. The second-order valence-corrected chi connectivity index (χ2v) is 4.81. The monoisotopic (exact) mass is 281 g/mol. The number of rotatable bonds is 4. The summed E-state index contributed by atoms with van der Waals surface area (Å²) < 4.78 is 26.5. The highest BCUT2D eigenvalue weighted by Crippen LogP contribution is 2.18. The Labute approximate surface area is 116 Å². The first-order valence-corrected chi connectivity index (χ1v) is 6.37. The van der Waals surface area contributed by atoms with Crippen molar-refractivity contribution in [2.24, 2.45) is 0 Å². The highest BCUT2D eigenvalue weighted by atomic mass is 35.5. The van der Waals surface area contributed by atoms with Gasteiger partial charge in [0.15, 0.2) is 11.6 Å². The van der Waals surface area contributed by atoms with Crippen molar-refractivity contribution in [1.82, 2.24) is 5.32 Å². The van der Waals surface area contributed by atoms with Gasteiger partial charge in [0.1, 0.15) is 0 Å². The molecule has 0 saturated carbocycles. The van der Waals surface area contributed by atoms with Crippen LogP contribution in [-0.2, 0) is 6.54 Å². The molecule has 1 N–H and O–H groups in total. The Hall–Kier alpha value is -1.45. The zero-order chi connectivity index (χ0) is 13.8. The first kappa shape index (κ1) is 14.0. The molecule has 0 bridgehead atoms. The maximum Gasteiger partial charge on any atom is 0.163 e. The van der Waals surface area contributed by atoms with E-state index in [2.05, 4.69) is 5.32 Å². The van der Waals surface area contributed by atoms with Gasteiger partial charge >= 0.3 is 0 Å². The predicted octanol–water partition coefficient (Wildman–Crippen LogP) is 4.47. The molecule has 0 fully saturated rings. The second kappa shape index (κ2) is 6.13. The van der Waals surface area contributed by atoms with E-state index in [4.69, 9.17) is 11.6 Å². The second-order valence-electron chi connectivity index (χ2n) is 4.37. The molecule has 4 heteroatoms. The number of hydrogen-bond acceptors (Lipinski definition) is 1. The summed E-state index contributed by atoms with van der Waals surface area (Å²) in [6, 6.07) is 11.6. The van der Waals surface area contributed by atoms with E-state index in [1.165, 1.54) is 6.07 Å². The van der Waals surface area contributed by atoms with Gasteiger partial charge in [-0.3, -0.25) is 0 Å².